The molecule has 144 valence electrons. The lowest BCUT2D eigenvalue weighted by Gasteiger charge is -2.16. The normalized spacial score (nSPS) is 15.7. The third-order valence-corrected chi connectivity index (χ3v) is 5.31. The number of benzene rings is 2. The Morgan fingerprint density at radius 1 is 0.964 bits per heavy atom. The van der Waals surface area contributed by atoms with Gasteiger partial charge >= 0.3 is 5.97 Å². The molecule has 0 bridgehead atoms. The average Bonchev–Trinajstić information content (AvgIpc) is 3.23. The number of esters is 1. The van der Waals surface area contributed by atoms with E-state index in [1.54, 1.807) is 0 Å². The number of fused-ring (bicyclic) bond motifs is 1. The van der Waals surface area contributed by atoms with Crippen LogP contribution < -0.4 is 0 Å². The van der Waals surface area contributed by atoms with Crippen molar-refractivity contribution in [3.05, 3.63) is 70.8 Å². The molecule has 5 nitrogen and oxygen atoms in total. The van der Waals surface area contributed by atoms with Gasteiger partial charge in [-0.05, 0) is 47.9 Å². The lowest BCUT2D eigenvalue weighted by molar-refractivity contribution is -0.151. The summed E-state index contributed by atoms with van der Waals surface area (Å²) in [5.41, 5.74) is 5.58. The third-order valence-electron chi connectivity index (χ3n) is 5.31. The predicted octanol–water partition coefficient (Wildman–Crippen LogP) is 3.29. The van der Waals surface area contributed by atoms with E-state index >= 15 is 0 Å². The smallest absolute Gasteiger partial charge is 0.310 e. The fourth-order valence-electron chi connectivity index (χ4n) is 3.80. The monoisotopic (exact) mass is 376 g/mol. The Labute approximate surface area is 165 Å². The van der Waals surface area contributed by atoms with Gasteiger partial charge in [-0.25, -0.2) is 5.01 Å². The predicted molar refractivity (Wildman–Crippen MR) is 107 cm³/mol. The summed E-state index contributed by atoms with van der Waals surface area (Å²) in [6, 6.07) is 16.0. The van der Waals surface area contributed by atoms with Gasteiger partial charge in [0.2, 0.25) is 0 Å². The zero-order valence-electron chi connectivity index (χ0n) is 15.9. The van der Waals surface area contributed by atoms with E-state index in [-0.39, 0.29) is 24.9 Å². The SMILES string of the molecule is O=C(Cc1ccc2c(c1)CCCC2)OCC(=O)N1CCC(c2ccccc2)=N1. The Balaban J connectivity index is 1.29. The van der Waals surface area contributed by atoms with Crippen LogP contribution in [0.25, 0.3) is 0 Å². The van der Waals surface area contributed by atoms with Crippen molar-refractivity contribution in [2.75, 3.05) is 13.2 Å². The first-order chi connectivity index (χ1) is 13.7. The molecule has 1 amide bonds. The minimum Gasteiger partial charge on any atom is -0.455 e. The summed E-state index contributed by atoms with van der Waals surface area (Å²) >= 11 is 0. The molecular formula is C23H24N2O3. The highest BCUT2D eigenvalue weighted by atomic mass is 16.5. The standard InChI is InChI=1S/C23H24N2O3/c26-22(25-13-12-21(24-25)19-7-2-1-3-8-19)16-28-23(27)15-17-10-11-18-6-4-5-9-20(18)14-17/h1-3,7-8,10-11,14H,4-6,9,12-13,15-16H2. The summed E-state index contributed by atoms with van der Waals surface area (Å²) in [5, 5.41) is 5.77. The Kier molecular flexibility index (Phi) is 5.51. The molecule has 5 heteroatoms. The number of aryl methyl sites for hydroxylation is 2. The molecule has 2 aromatic rings. The van der Waals surface area contributed by atoms with Crippen LogP contribution in [-0.4, -0.2) is 35.7 Å². The van der Waals surface area contributed by atoms with Crippen LogP contribution in [0.1, 0.15) is 41.5 Å². The van der Waals surface area contributed by atoms with Gasteiger partial charge in [-0.3, -0.25) is 9.59 Å². The van der Waals surface area contributed by atoms with Gasteiger partial charge in [-0.2, -0.15) is 5.10 Å². The molecule has 2 aromatic carbocycles. The summed E-state index contributed by atoms with van der Waals surface area (Å²) in [7, 11) is 0. The number of hydrogen-bond acceptors (Lipinski definition) is 4. The van der Waals surface area contributed by atoms with Crippen LogP contribution in [-0.2, 0) is 33.6 Å². The first-order valence-electron chi connectivity index (χ1n) is 9.88. The summed E-state index contributed by atoms with van der Waals surface area (Å²) in [6.45, 7) is 0.251. The van der Waals surface area contributed by atoms with Crippen molar-refractivity contribution in [2.24, 2.45) is 5.10 Å². The van der Waals surface area contributed by atoms with E-state index in [0.717, 1.165) is 29.7 Å². The summed E-state index contributed by atoms with van der Waals surface area (Å²) < 4.78 is 5.21. The fraction of sp³-hybridized carbons (Fsp3) is 0.348. The molecular weight excluding hydrogens is 352 g/mol. The first kappa shape index (κ1) is 18.4. The molecule has 0 N–H and O–H groups in total. The molecule has 1 heterocycles. The van der Waals surface area contributed by atoms with Gasteiger partial charge in [-0.1, -0.05) is 48.5 Å². The highest BCUT2D eigenvalue weighted by Gasteiger charge is 2.22. The van der Waals surface area contributed by atoms with E-state index in [1.165, 1.54) is 29.0 Å². The third kappa shape index (κ3) is 4.30. The molecule has 0 radical (unpaired) electrons. The van der Waals surface area contributed by atoms with E-state index < -0.39 is 0 Å². The van der Waals surface area contributed by atoms with E-state index in [2.05, 4.69) is 17.2 Å². The Morgan fingerprint density at radius 2 is 1.75 bits per heavy atom. The lowest BCUT2D eigenvalue weighted by Crippen LogP contribution is -2.29. The molecule has 0 saturated heterocycles. The van der Waals surface area contributed by atoms with Crippen molar-refractivity contribution >= 4 is 17.6 Å². The largest absolute Gasteiger partial charge is 0.455 e. The van der Waals surface area contributed by atoms with Gasteiger partial charge in [0, 0.05) is 6.42 Å². The van der Waals surface area contributed by atoms with Crippen LogP contribution in [0.15, 0.2) is 53.6 Å². The van der Waals surface area contributed by atoms with E-state index in [4.69, 9.17) is 4.74 Å². The molecule has 28 heavy (non-hydrogen) atoms. The first-order valence-corrected chi connectivity index (χ1v) is 9.88. The van der Waals surface area contributed by atoms with Crippen LogP contribution in [0.4, 0.5) is 0 Å². The molecule has 1 aliphatic heterocycles. The number of hydrazone groups is 1. The van der Waals surface area contributed by atoms with Gasteiger partial charge in [0.15, 0.2) is 6.61 Å². The Morgan fingerprint density at radius 3 is 2.57 bits per heavy atom. The second-order valence-electron chi connectivity index (χ2n) is 7.33. The van der Waals surface area contributed by atoms with Crippen molar-refractivity contribution in [1.29, 1.82) is 0 Å². The Bertz CT molecular complexity index is 905. The highest BCUT2D eigenvalue weighted by molar-refractivity contribution is 6.02. The maximum atomic E-state index is 12.3. The van der Waals surface area contributed by atoms with Crippen LogP contribution in [0, 0.1) is 0 Å². The quantitative estimate of drug-likeness (QED) is 0.753. The van der Waals surface area contributed by atoms with Gasteiger partial charge in [0.05, 0.1) is 18.7 Å². The van der Waals surface area contributed by atoms with Gasteiger partial charge in [-0.15, -0.1) is 0 Å². The summed E-state index contributed by atoms with van der Waals surface area (Å²) in [6.07, 6.45) is 5.54. The molecule has 0 atom stereocenters. The molecule has 4 rings (SSSR count). The van der Waals surface area contributed by atoms with Crippen molar-refractivity contribution in [2.45, 2.75) is 38.5 Å². The van der Waals surface area contributed by atoms with Crippen molar-refractivity contribution in [3.8, 4) is 0 Å². The van der Waals surface area contributed by atoms with E-state index in [9.17, 15) is 9.59 Å². The van der Waals surface area contributed by atoms with Crippen molar-refractivity contribution < 1.29 is 14.3 Å². The van der Waals surface area contributed by atoms with Gasteiger partial charge in [0.25, 0.3) is 5.91 Å². The highest BCUT2D eigenvalue weighted by Crippen LogP contribution is 2.22. The molecule has 0 saturated carbocycles. The topological polar surface area (TPSA) is 59.0 Å². The minimum absolute atomic E-state index is 0.194. The number of nitrogens with zero attached hydrogens (tertiary/aromatic N) is 2. The van der Waals surface area contributed by atoms with E-state index in [1.807, 2.05) is 36.4 Å². The fourth-order valence-corrected chi connectivity index (χ4v) is 3.80. The molecule has 0 unspecified atom stereocenters. The summed E-state index contributed by atoms with van der Waals surface area (Å²) in [4.78, 5) is 24.5. The maximum absolute atomic E-state index is 12.3. The lowest BCUT2D eigenvalue weighted by atomic mass is 9.90. The number of carbonyl (C=O) groups excluding carboxylic acids is 2. The maximum Gasteiger partial charge on any atom is 0.310 e. The Hall–Kier alpha value is -2.95. The van der Waals surface area contributed by atoms with E-state index in [0.29, 0.717) is 13.0 Å². The number of ether oxygens (including phenoxy) is 1. The second kappa shape index (κ2) is 8.38. The minimum atomic E-state index is -0.379. The van der Waals surface area contributed by atoms with Crippen LogP contribution in [0.3, 0.4) is 0 Å². The average molecular weight is 376 g/mol. The van der Waals surface area contributed by atoms with Crippen molar-refractivity contribution in [1.82, 2.24) is 5.01 Å². The van der Waals surface area contributed by atoms with Crippen LogP contribution in [0.5, 0.6) is 0 Å². The number of amides is 1. The number of hydrogen-bond donors (Lipinski definition) is 0. The zero-order chi connectivity index (χ0) is 19.3. The molecule has 0 fully saturated rings. The molecule has 0 aromatic heterocycles. The van der Waals surface area contributed by atoms with Crippen LogP contribution >= 0.6 is 0 Å². The summed E-state index contributed by atoms with van der Waals surface area (Å²) in [5.74, 6) is -0.666. The van der Waals surface area contributed by atoms with Crippen LogP contribution in [0.2, 0.25) is 0 Å². The molecule has 1 aliphatic carbocycles. The van der Waals surface area contributed by atoms with Gasteiger partial charge in [0.1, 0.15) is 0 Å². The second-order valence-corrected chi connectivity index (χ2v) is 7.33. The van der Waals surface area contributed by atoms with Gasteiger partial charge < -0.3 is 4.74 Å². The number of rotatable bonds is 5. The molecule has 0 spiro atoms. The van der Waals surface area contributed by atoms with Crippen molar-refractivity contribution in [3.63, 3.8) is 0 Å². The number of carbonyl (C=O) groups is 2. The molecule has 2 aliphatic rings. The zero-order valence-corrected chi connectivity index (χ0v) is 15.9.